The molecule has 0 aliphatic heterocycles. The van der Waals surface area contributed by atoms with Crippen molar-refractivity contribution in [3.63, 3.8) is 0 Å². The van der Waals surface area contributed by atoms with Gasteiger partial charge in [0.1, 0.15) is 0 Å². The van der Waals surface area contributed by atoms with Crippen LogP contribution >= 0.6 is 38.5 Å². The van der Waals surface area contributed by atoms with E-state index >= 15 is 0 Å². The maximum atomic E-state index is 3.43. The lowest BCUT2D eigenvalue weighted by molar-refractivity contribution is 1.57. The quantitative estimate of drug-likeness (QED) is 0.466. The van der Waals surface area contributed by atoms with Gasteiger partial charge in [0.25, 0.3) is 0 Å². The molecule has 0 saturated carbocycles. The Bertz CT molecular complexity index is 564. The molecule has 2 rings (SSSR count). The Morgan fingerprint density at radius 3 is 2.50 bits per heavy atom. The van der Waals surface area contributed by atoms with Gasteiger partial charge in [-0.15, -0.1) is 0 Å². The fourth-order valence-corrected chi connectivity index (χ4v) is 2.19. The first-order valence-corrected chi connectivity index (χ1v) is 6.65. The minimum Gasteiger partial charge on any atom is -0.0616 e. The average Bonchev–Trinajstić information content (AvgIpc) is 2.28. The minimum atomic E-state index is 1.02. The highest BCUT2D eigenvalue weighted by Gasteiger charge is 1.93. The van der Waals surface area contributed by atoms with E-state index in [1.54, 1.807) is 0 Å². The molecule has 2 aromatic rings. The van der Waals surface area contributed by atoms with Crippen molar-refractivity contribution in [2.75, 3.05) is 0 Å². The molecule has 0 unspecified atom stereocenters. The Morgan fingerprint density at radius 2 is 1.75 bits per heavy atom. The van der Waals surface area contributed by atoms with Crippen LogP contribution < -0.4 is 0 Å². The molecule has 0 bridgehead atoms. The van der Waals surface area contributed by atoms with Crippen molar-refractivity contribution in [2.45, 2.75) is 0 Å². The molecule has 0 aromatic heterocycles. The third-order valence-corrected chi connectivity index (χ3v) is 3.47. The number of rotatable bonds is 0. The molecule has 0 radical (unpaired) electrons. The van der Waals surface area contributed by atoms with Crippen LogP contribution in [0.15, 0.2) is 53.0 Å². The van der Waals surface area contributed by atoms with Crippen molar-refractivity contribution in [1.82, 2.24) is 0 Å². The maximum Gasteiger partial charge on any atom is 0.0382 e. The van der Waals surface area contributed by atoms with Crippen LogP contribution in [0, 0.1) is 15.4 Å². The first-order valence-electron chi connectivity index (χ1n) is 4.78. The lowest BCUT2D eigenvalue weighted by Crippen LogP contribution is -1.80. The van der Waals surface area contributed by atoms with Gasteiger partial charge in [-0.2, -0.15) is 0 Å². The van der Waals surface area contributed by atoms with Crippen molar-refractivity contribution in [1.29, 1.82) is 0 Å². The van der Waals surface area contributed by atoms with Crippen LogP contribution in [-0.2, 0) is 0 Å². The maximum absolute atomic E-state index is 3.43. The summed E-state index contributed by atoms with van der Waals surface area (Å²) in [6.07, 6.45) is 0. The van der Waals surface area contributed by atoms with Crippen molar-refractivity contribution >= 4 is 38.5 Å². The van der Waals surface area contributed by atoms with Crippen LogP contribution in [0.1, 0.15) is 11.1 Å². The molecule has 0 aliphatic rings. The van der Waals surface area contributed by atoms with Crippen molar-refractivity contribution in [3.05, 3.63) is 67.7 Å². The summed E-state index contributed by atoms with van der Waals surface area (Å²) >= 11 is 5.73. The molecule has 0 heterocycles. The van der Waals surface area contributed by atoms with Gasteiger partial charge in [0, 0.05) is 19.2 Å². The second-order valence-electron chi connectivity index (χ2n) is 3.24. The zero-order valence-corrected chi connectivity index (χ0v) is 12.1. The number of halogens is 2. The third kappa shape index (κ3) is 3.10. The second-order valence-corrected chi connectivity index (χ2v) is 5.32. The standard InChI is InChI=1S/C14H8BrI/c15-13-6-3-4-11(10-13)8-9-12-5-1-2-7-14(12)16/h1-7,10H. The van der Waals surface area contributed by atoms with Gasteiger partial charge in [-0.1, -0.05) is 46.0 Å². The summed E-state index contributed by atoms with van der Waals surface area (Å²) < 4.78 is 2.24. The predicted octanol–water partition coefficient (Wildman–Crippen LogP) is 4.45. The van der Waals surface area contributed by atoms with Gasteiger partial charge in [-0.25, -0.2) is 0 Å². The topological polar surface area (TPSA) is 0 Å². The zero-order chi connectivity index (χ0) is 11.4. The molecule has 0 nitrogen and oxygen atoms in total. The van der Waals surface area contributed by atoms with Gasteiger partial charge >= 0.3 is 0 Å². The van der Waals surface area contributed by atoms with Crippen molar-refractivity contribution in [3.8, 4) is 11.8 Å². The van der Waals surface area contributed by atoms with Gasteiger partial charge in [-0.3, -0.25) is 0 Å². The fraction of sp³-hybridized carbons (Fsp3) is 0. The summed E-state index contributed by atoms with van der Waals surface area (Å²) in [4.78, 5) is 0. The highest BCUT2D eigenvalue weighted by Crippen LogP contribution is 2.12. The summed E-state index contributed by atoms with van der Waals surface area (Å²) in [7, 11) is 0. The first kappa shape index (κ1) is 11.7. The van der Waals surface area contributed by atoms with E-state index in [1.165, 1.54) is 3.57 Å². The van der Waals surface area contributed by atoms with Gasteiger partial charge in [0.2, 0.25) is 0 Å². The molecular weight excluding hydrogens is 375 g/mol. The predicted molar refractivity (Wildman–Crippen MR) is 79.3 cm³/mol. The Hall–Kier alpha value is -0.790. The molecular formula is C14H8BrI. The normalized spacial score (nSPS) is 9.38. The molecule has 2 heteroatoms. The average molecular weight is 383 g/mol. The lowest BCUT2D eigenvalue weighted by Gasteiger charge is -1.94. The van der Waals surface area contributed by atoms with Crippen LogP contribution in [0.5, 0.6) is 0 Å². The summed E-state index contributed by atoms with van der Waals surface area (Å²) in [6.45, 7) is 0. The Morgan fingerprint density at radius 1 is 0.938 bits per heavy atom. The van der Waals surface area contributed by atoms with Crippen LogP contribution in [0.4, 0.5) is 0 Å². The number of hydrogen-bond acceptors (Lipinski definition) is 0. The van der Waals surface area contributed by atoms with E-state index in [0.717, 1.165) is 15.6 Å². The SMILES string of the molecule is Brc1cccc(C#Cc2ccccc2I)c1. The molecule has 2 aromatic carbocycles. The number of benzene rings is 2. The van der Waals surface area contributed by atoms with Gasteiger partial charge in [0.15, 0.2) is 0 Å². The third-order valence-electron chi connectivity index (χ3n) is 2.04. The minimum absolute atomic E-state index is 1.02. The summed E-state index contributed by atoms with van der Waals surface area (Å²) in [5.41, 5.74) is 2.09. The van der Waals surface area contributed by atoms with Crippen LogP contribution in [0.3, 0.4) is 0 Å². The monoisotopic (exact) mass is 382 g/mol. The molecule has 0 amide bonds. The van der Waals surface area contributed by atoms with Crippen LogP contribution in [0.2, 0.25) is 0 Å². The molecule has 0 aliphatic carbocycles. The van der Waals surface area contributed by atoms with E-state index in [1.807, 2.05) is 42.5 Å². The van der Waals surface area contributed by atoms with Gasteiger partial charge in [-0.05, 0) is 52.9 Å². The van der Waals surface area contributed by atoms with E-state index < -0.39 is 0 Å². The van der Waals surface area contributed by atoms with E-state index in [9.17, 15) is 0 Å². The largest absolute Gasteiger partial charge is 0.0616 e. The summed E-state index contributed by atoms with van der Waals surface area (Å²) in [6, 6.07) is 16.1. The van der Waals surface area contributed by atoms with Crippen molar-refractivity contribution in [2.24, 2.45) is 0 Å². The van der Waals surface area contributed by atoms with E-state index in [4.69, 9.17) is 0 Å². The van der Waals surface area contributed by atoms with Crippen LogP contribution in [-0.4, -0.2) is 0 Å². The smallest absolute Gasteiger partial charge is 0.0382 e. The number of hydrogen-bond donors (Lipinski definition) is 0. The molecule has 0 saturated heterocycles. The Kier molecular flexibility index (Phi) is 4.03. The molecule has 16 heavy (non-hydrogen) atoms. The van der Waals surface area contributed by atoms with Crippen molar-refractivity contribution < 1.29 is 0 Å². The van der Waals surface area contributed by atoms with E-state index in [0.29, 0.717) is 0 Å². The van der Waals surface area contributed by atoms with Gasteiger partial charge < -0.3 is 0 Å². The van der Waals surface area contributed by atoms with E-state index in [2.05, 4.69) is 56.4 Å². The summed E-state index contributed by atoms with van der Waals surface area (Å²) in [5.74, 6) is 6.34. The molecule has 0 fully saturated rings. The molecule has 0 N–H and O–H groups in total. The second kappa shape index (κ2) is 5.51. The van der Waals surface area contributed by atoms with E-state index in [-0.39, 0.29) is 0 Å². The summed E-state index contributed by atoms with van der Waals surface area (Å²) in [5, 5.41) is 0. The lowest BCUT2D eigenvalue weighted by atomic mass is 10.2. The fourth-order valence-electron chi connectivity index (χ4n) is 1.27. The Balaban J connectivity index is 2.32. The highest BCUT2D eigenvalue weighted by molar-refractivity contribution is 14.1. The highest BCUT2D eigenvalue weighted by atomic mass is 127. The van der Waals surface area contributed by atoms with Crippen LogP contribution in [0.25, 0.3) is 0 Å². The molecule has 78 valence electrons. The Labute approximate surface area is 117 Å². The molecule has 0 atom stereocenters. The zero-order valence-electron chi connectivity index (χ0n) is 8.37. The molecule has 0 spiro atoms. The van der Waals surface area contributed by atoms with Gasteiger partial charge in [0.05, 0.1) is 0 Å². The first-order chi connectivity index (χ1) is 7.75.